The van der Waals surface area contributed by atoms with Crippen molar-refractivity contribution >= 4 is 11.3 Å². The van der Waals surface area contributed by atoms with Gasteiger partial charge in [-0.25, -0.2) is 9.97 Å². The highest BCUT2D eigenvalue weighted by Gasteiger charge is 2.21. The zero-order chi connectivity index (χ0) is 15.9. The van der Waals surface area contributed by atoms with E-state index in [1.807, 2.05) is 19.3 Å². The van der Waals surface area contributed by atoms with E-state index in [4.69, 9.17) is 0 Å². The Kier molecular flexibility index (Phi) is 3.64. The molecule has 0 amide bonds. The van der Waals surface area contributed by atoms with Crippen LogP contribution >= 0.6 is 11.3 Å². The number of H-pyrrole nitrogens is 1. The molecule has 1 N–H and O–H groups in total. The number of hydrogen-bond acceptors (Lipinski definition) is 4. The minimum atomic E-state index is 0.0420. The van der Waals surface area contributed by atoms with E-state index in [9.17, 15) is 0 Å². The van der Waals surface area contributed by atoms with Gasteiger partial charge in [0.15, 0.2) is 5.82 Å². The van der Waals surface area contributed by atoms with Gasteiger partial charge in [0.1, 0.15) is 5.69 Å². The standard InChI is InChI=1S/C16H21N5S/c1-10(13-9-22-11(2)18-13)21-7-6-17-15(21)12-8-14(20-19-12)16(3,4)5/h6-10H,1-5H3,(H,19,20)/t10-/m1/s1. The van der Waals surface area contributed by atoms with Crippen LogP contribution in [0.1, 0.15) is 50.1 Å². The van der Waals surface area contributed by atoms with E-state index in [-0.39, 0.29) is 11.5 Å². The predicted octanol–water partition coefficient (Wildman–Crippen LogP) is 3.94. The summed E-state index contributed by atoms with van der Waals surface area (Å²) >= 11 is 1.67. The topological polar surface area (TPSA) is 59.4 Å². The SMILES string of the molecule is Cc1nc([C@@H](C)n2ccnc2-c2cc(C(C)(C)C)[nH]n2)cs1. The summed E-state index contributed by atoms with van der Waals surface area (Å²) in [6, 6.07) is 2.22. The van der Waals surface area contributed by atoms with Crippen LogP contribution in [0.5, 0.6) is 0 Å². The predicted molar refractivity (Wildman–Crippen MR) is 89.2 cm³/mol. The summed E-state index contributed by atoms with van der Waals surface area (Å²) < 4.78 is 2.12. The molecule has 0 aromatic carbocycles. The lowest BCUT2D eigenvalue weighted by atomic mass is 9.92. The van der Waals surface area contributed by atoms with Crippen molar-refractivity contribution < 1.29 is 0 Å². The normalized spacial score (nSPS) is 13.5. The van der Waals surface area contributed by atoms with Crippen LogP contribution in [0.15, 0.2) is 23.8 Å². The number of rotatable bonds is 3. The molecule has 0 fully saturated rings. The van der Waals surface area contributed by atoms with Gasteiger partial charge < -0.3 is 4.57 Å². The van der Waals surface area contributed by atoms with E-state index in [0.717, 1.165) is 27.9 Å². The first-order valence-electron chi connectivity index (χ1n) is 7.37. The van der Waals surface area contributed by atoms with Gasteiger partial charge in [-0.2, -0.15) is 5.10 Å². The molecule has 116 valence electrons. The fourth-order valence-electron chi connectivity index (χ4n) is 2.36. The van der Waals surface area contributed by atoms with Gasteiger partial charge in [-0.05, 0) is 19.9 Å². The maximum atomic E-state index is 4.59. The molecule has 0 unspecified atom stereocenters. The van der Waals surface area contributed by atoms with Gasteiger partial charge in [-0.3, -0.25) is 5.10 Å². The van der Waals surface area contributed by atoms with Gasteiger partial charge in [0, 0.05) is 28.9 Å². The number of thiazole rings is 1. The molecular weight excluding hydrogens is 294 g/mol. The molecular formula is C16H21N5S. The fourth-order valence-corrected chi connectivity index (χ4v) is 3.06. The highest BCUT2D eigenvalue weighted by atomic mass is 32.1. The van der Waals surface area contributed by atoms with Gasteiger partial charge >= 0.3 is 0 Å². The molecule has 3 heterocycles. The van der Waals surface area contributed by atoms with Crippen LogP contribution in [0, 0.1) is 6.92 Å². The van der Waals surface area contributed by atoms with E-state index < -0.39 is 0 Å². The molecule has 0 spiro atoms. The highest BCUT2D eigenvalue weighted by molar-refractivity contribution is 7.09. The average Bonchev–Trinajstić information content (AvgIpc) is 3.16. The van der Waals surface area contributed by atoms with E-state index in [2.05, 4.69) is 63.9 Å². The molecule has 0 aliphatic heterocycles. The van der Waals surface area contributed by atoms with Gasteiger partial charge in [0.05, 0.1) is 16.7 Å². The molecule has 0 saturated heterocycles. The van der Waals surface area contributed by atoms with Gasteiger partial charge in [0.2, 0.25) is 0 Å². The highest BCUT2D eigenvalue weighted by Crippen LogP contribution is 2.28. The van der Waals surface area contributed by atoms with Crippen molar-refractivity contribution in [2.75, 3.05) is 0 Å². The molecule has 0 aliphatic carbocycles. The quantitative estimate of drug-likeness (QED) is 0.796. The molecule has 0 saturated carbocycles. The van der Waals surface area contributed by atoms with E-state index in [0.29, 0.717) is 0 Å². The second kappa shape index (κ2) is 5.35. The second-order valence-corrected chi connectivity index (χ2v) is 7.60. The summed E-state index contributed by atoms with van der Waals surface area (Å²) in [6.45, 7) is 10.7. The molecule has 1 atom stereocenters. The molecule has 0 aliphatic rings. The molecule has 0 radical (unpaired) electrons. The van der Waals surface area contributed by atoms with Crippen LogP contribution in [-0.4, -0.2) is 24.7 Å². The van der Waals surface area contributed by atoms with Crippen molar-refractivity contribution in [2.24, 2.45) is 0 Å². The first-order valence-corrected chi connectivity index (χ1v) is 8.25. The molecule has 5 nitrogen and oxygen atoms in total. The van der Waals surface area contributed by atoms with Gasteiger partial charge in [0.25, 0.3) is 0 Å². The Hall–Kier alpha value is -1.95. The summed E-state index contributed by atoms with van der Waals surface area (Å²) in [7, 11) is 0. The van der Waals surface area contributed by atoms with Crippen LogP contribution < -0.4 is 0 Å². The maximum Gasteiger partial charge on any atom is 0.161 e. The summed E-state index contributed by atoms with van der Waals surface area (Å²) in [5, 5.41) is 10.8. The number of aromatic amines is 1. The number of nitrogens with zero attached hydrogens (tertiary/aromatic N) is 4. The number of aryl methyl sites for hydroxylation is 1. The largest absolute Gasteiger partial charge is 0.321 e. The number of hydrogen-bond donors (Lipinski definition) is 1. The van der Waals surface area contributed by atoms with Crippen LogP contribution in [0.25, 0.3) is 11.5 Å². The minimum Gasteiger partial charge on any atom is -0.321 e. The van der Waals surface area contributed by atoms with Crippen LogP contribution in [0.2, 0.25) is 0 Å². The number of nitrogens with one attached hydrogen (secondary N) is 1. The smallest absolute Gasteiger partial charge is 0.161 e. The Morgan fingerprint density at radius 2 is 2.09 bits per heavy atom. The third kappa shape index (κ3) is 2.70. The Morgan fingerprint density at radius 1 is 1.32 bits per heavy atom. The second-order valence-electron chi connectivity index (χ2n) is 6.54. The lowest BCUT2D eigenvalue weighted by molar-refractivity contribution is 0.567. The van der Waals surface area contributed by atoms with E-state index in [1.54, 1.807) is 11.3 Å². The van der Waals surface area contributed by atoms with Crippen molar-refractivity contribution in [1.29, 1.82) is 0 Å². The maximum absolute atomic E-state index is 4.59. The average molecular weight is 315 g/mol. The van der Waals surface area contributed by atoms with Crippen molar-refractivity contribution in [3.8, 4) is 11.5 Å². The number of imidazole rings is 1. The van der Waals surface area contributed by atoms with Crippen molar-refractivity contribution in [3.05, 3.63) is 40.2 Å². The van der Waals surface area contributed by atoms with Crippen LogP contribution in [0.3, 0.4) is 0 Å². The zero-order valence-corrected chi connectivity index (χ0v) is 14.4. The zero-order valence-electron chi connectivity index (χ0n) is 13.6. The molecule has 22 heavy (non-hydrogen) atoms. The Morgan fingerprint density at radius 3 is 2.68 bits per heavy atom. The first kappa shape index (κ1) is 15.0. The molecule has 3 aromatic heterocycles. The minimum absolute atomic E-state index is 0.0420. The Bertz CT molecular complexity index is 774. The summed E-state index contributed by atoms with van der Waals surface area (Å²) in [4.78, 5) is 9.08. The van der Waals surface area contributed by atoms with Crippen molar-refractivity contribution in [2.45, 2.75) is 46.1 Å². The lowest BCUT2D eigenvalue weighted by Gasteiger charge is -2.15. The van der Waals surface area contributed by atoms with E-state index >= 15 is 0 Å². The molecule has 3 aromatic rings. The third-order valence-corrected chi connectivity index (χ3v) is 4.56. The van der Waals surface area contributed by atoms with Gasteiger partial charge in [-0.1, -0.05) is 20.8 Å². The monoisotopic (exact) mass is 315 g/mol. The van der Waals surface area contributed by atoms with Crippen molar-refractivity contribution in [1.82, 2.24) is 24.7 Å². The summed E-state index contributed by atoms with van der Waals surface area (Å²) in [5.74, 6) is 0.866. The summed E-state index contributed by atoms with van der Waals surface area (Å²) in [6.07, 6.45) is 3.80. The van der Waals surface area contributed by atoms with Crippen LogP contribution in [0.4, 0.5) is 0 Å². The lowest BCUT2D eigenvalue weighted by Crippen LogP contribution is -2.11. The Labute approximate surface area is 134 Å². The van der Waals surface area contributed by atoms with Crippen molar-refractivity contribution in [3.63, 3.8) is 0 Å². The van der Waals surface area contributed by atoms with Crippen LogP contribution in [-0.2, 0) is 5.41 Å². The van der Waals surface area contributed by atoms with Gasteiger partial charge in [-0.15, -0.1) is 11.3 Å². The molecule has 0 bridgehead atoms. The molecule has 6 heteroatoms. The fraction of sp³-hybridized carbons (Fsp3) is 0.438. The first-order chi connectivity index (χ1) is 10.4. The number of aromatic nitrogens is 5. The summed E-state index contributed by atoms with van der Waals surface area (Å²) in [5.41, 5.74) is 3.08. The Balaban J connectivity index is 1.97. The third-order valence-electron chi connectivity index (χ3n) is 3.77. The molecule has 3 rings (SSSR count). The van der Waals surface area contributed by atoms with E-state index in [1.165, 1.54) is 0 Å².